The molecule has 4 N–H and O–H groups in total. The van der Waals surface area contributed by atoms with E-state index in [9.17, 15) is 9.59 Å². The van der Waals surface area contributed by atoms with Crippen LogP contribution in [0.5, 0.6) is 0 Å². The number of primary amides is 2. The van der Waals surface area contributed by atoms with Gasteiger partial charge < -0.3 is 11.5 Å². The van der Waals surface area contributed by atoms with E-state index >= 15 is 0 Å². The molecule has 35 heavy (non-hydrogen) atoms. The smallest absolute Gasteiger partial charge is 0.217 e. The topological polar surface area (TPSA) is 86.2 Å². The normalized spacial score (nSPS) is 11.1. The molecule has 0 radical (unpaired) electrons. The minimum absolute atomic E-state index is 0.207. The first-order valence-electron chi connectivity index (χ1n) is 13.7. The number of benzene rings is 2. The number of hydrogen-bond acceptors (Lipinski definition) is 2. The maximum absolute atomic E-state index is 11.1. The van der Waals surface area contributed by atoms with Crippen molar-refractivity contribution in [2.45, 2.75) is 111 Å². The number of hydrogen-bond donors (Lipinski definition) is 2. The van der Waals surface area contributed by atoms with E-state index in [1.54, 1.807) is 0 Å². The lowest BCUT2D eigenvalue weighted by Gasteiger charge is -2.18. The molecule has 4 heteroatoms. The Morgan fingerprint density at radius 2 is 0.886 bits per heavy atom. The number of carbonyl (C=O) groups excluding carboxylic acids is 2. The fourth-order valence-corrected chi connectivity index (χ4v) is 5.29. The van der Waals surface area contributed by atoms with E-state index in [2.05, 4.69) is 52.0 Å². The van der Waals surface area contributed by atoms with Crippen LogP contribution in [-0.4, -0.2) is 11.8 Å². The Kier molecular flexibility index (Phi) is 12.0. The van der Waals surface area contributed by atoms with Crippen LogP contribution >= 0.6 is 0 Å². The molecule has 2 rings (SSSR count). The third kappa shape index (κ3) is 8.83. The third-order valence-electron chi connectivity index (χ3n) is 7.12. The first kappa shape index (κ1) is 28.6. The van der Waals surface area contributed by atoms with Gasteiger partial charge in [-0.3, -0.25) is 9.59 Å². The van der Waals surface area contributed by atoms with Gasteiger partial charge in [0.25, 0.3) is 0 Å². The number of carbonyl (C=O) groups is 2. The number of nitrogens with two attached hydrogens (primary N) is 2. The standard InChI is InChI=1S/C31H46N2O2/c1-5-24-18-22(19-25(6-2)28(24)13-9-11-15-30(32)34)17-23-20-26(7-3)29(27(8-4)21-23)14-10-12-16-31(33)35/h18-21H,5-17H2,1-4H3,(H2,32,34)(H2,33,35). The summed E-state index contributed by atoms with van der Waals surface area (Å²) in [7, 11) is 0. The van der Waals surface area contributed by atoms with Gasteiger partial charge in [0.15, 0.2) is 0 Å². The molecular weight excluding hydrogens is 432 g/mol. The van der Waals surface area contributed by atoms with Crippen molar-refractivity contribution in [2.75, 3.05) is 0 Å². The van der Waals surface area contributed by atoms with Gasteiger partial charge in [-0.2, -0.15) is 0 Å². The molecule has 192 valence electrons. The number of aryl methyl sites for hydroxylation is 4. The van der Waals surface area contributed by atoms with Gasteiger partial charge in [-0.15, -0.1) is 0 Å². The van der Waals surface area contributed by atoms with Crippen LogP contribution in [0.2, 0.25) is 0 Å². The van der Waals surface area contributed by atoms with Crippen molar-refractivity contribution in [3.63, 3.8) is 0 Å². The highest BCUT2D eigenvalue weighted by molar-refractivity contribution is 5.73. The zero-order valence-corrected chi connectivity index (χ0v) is 22.5. The zero-order chi connectivity index (χ0) is 25.8. The maximum Gasteiger partial charge on any atom is 0.217 e. The van der Waals surface area contributed by atoms with Crippen molar-refractivity contribution in [3.8, 4) is 0 Å². The molecule has 0 bridgehead atoms. The summed E-state index contributed by atoms with van der Waals surface area (Å²) in [5, 5.41) is 0. The van der Waals surface area contributed by atoms with Crippen LogP contribution in [-0.2, 0) is 54.5 Å². The van der Waals surface area contributed by atoms with Gasteiger partial charge in [0.2, 0.25) is 11.8 Å². The van der Waals surface area contributed by atoms with Gasteiger partial charge in [0.05, 0.1) is 0 Å². The predicted molar refractivity (Wildman–Crippen MR) is 147 cm³/mol. The van der Waals surface area contributed by atoms with Gasteiger partial charge in [0, 0.05) is 12.8 Å². The summed E-state index contributed by atoms with van der Waals surface area (Å²) in [6.07, 6.45) is 11.8. The largest absolute Gasteiger partial charge is 0.370 e. The van der Waals surface area contributed by atoms with Crippen LogP contribution in [0, 0.1) is 0 Å². The molecule has 0 saturated heterocycles. The fraction of sp³-hybridized carbons (Fsp3) is 0.548. The van der Waals surface area contributed by atoms with E-state index in [0.717, 1.165) is 70.6 Å². The fourth-order valence-electron chi connectivity index (χ4n) is 5.29. The van der Waals surface area contributed by atoms with E-state index in [-0.39, 0.29) is 11.8 Å². The summed E-state index contributed by atoms with van der Waals surface area (Å²) in [5.41, 5.74) is 22.1. The minimum atomic E-state index is -0.207. The van der Waals surface area contributed by atoms with Gasteiger partial charge in [-0.25, -0.2) is 0 Å². The van der Waals surface area contributed by atoms with Crippen molar-refractivity contribution in [3.05, 3.63) is 68.8 Å². The van der Waals surface area contributed by atoms with Crippen molar-refractivity contribution >= 4 is 11.8 Å². The molecule has 0 spiro atoms. The highest BCUT2D eigenvalue weighted by atomic mass is 16.1. The summed E-state index contributed by atoms with van der Waals surface area (Å²) < 4.78 is 0. The van der Waals surface area contributed by atoms with Gasteiger partial charge in [0.1, 0.15) is 0 Å². The van der Waals surface area contributed by atoms with Crippen LogP contribution in [0.3, 0.4) is 0 Å². The van der Waals surface area contributed by atoms with Crippen molar-refractivity contribution in [2.24, 2.45) is 11.5 Å². The number of rotatable bonds is 16. The van der Waals surface area contributed by atoms with Crippen molar-refractivity contribution < 1.29 is 9.59 Å². The maximum atomic E-state index is 11.1. The molecule has 0 aliphatic carbocycles. The Labute approximate surface area is 212 Å². The summed E-state index contributed by atoms with van der Waals surface area (Å²) in [5.74, 6) is -0.414. The van der Waals surface area contributed by atoms with E-state index in [4.69, 9.17) is 11.5 Å². The lowest BCUT2D eigenvalue weighted by atomic mass is 9.87. The van der Waals surface area contributed by atoms with Crippen LogP contribution < -0.4 is 11.5 Å². The molecule has 0 aliphatic rings. The first-order valence-corrected chi connectivity index (χ1v) is 13.7. The molecule has 0 saturated carbocycles. The van der Waals surface area contributed by atoms with Gasteiger partial charge in [-0.1, -0.05) is 52.0 Å². The summed E-state index contributed by atoms with van der Waals surface area (Å²) in [6, 6.07) is 9.60. The van der Waals surface area contributed by atoms with Crippen molar-refractivity contribution in [1.29, 1.82) is 0 Å². The van der Waals surface area contributed by atoms with Crippen LogP contribution in [0.1, 0.15) is 111 Å². The van der Waals surface area contributed by atoms with E-state index in [1.165, 1.54) is 44.5 Å². The van der Waals surface area contributed by atoms with E-state index in [0.29, 0.717) is 12.8 Å². The molecule has 0 atom stereocenters. The average Bonchev–Trinajstić information content (AvgIpc) is 2.84. The van der Waals surface area contributed by atoms with Crippen LogP contribution in [0.4, 0.5) is 0 Å². The monoisotopic (exact) mass is 478 g/mol. The quantitative estimate of drug-likeness (QED) is 0.293. The molecule has 4 nitrogen and oxygen atoms in total. The van der Waals surface area contributed by atoms with Crippen LogP contribution in [0.25, 0.3) is 0 Å². The summed E-state index contributed by atoms with van der Waals surface area (Å²) in [4.78, 5) is 22.2. The second-order valence-corrected chi connectivity index (χ2v) is 9.72. The minimum Gasteiger partial charge on any atom is -0.370 e. The highest BCUT2D eigenvalue weighted by Crippen LogP contribution is 2.27. The second kappa shape index (κ2) is 14.7. The second-order valence-electron chi connectivity index (χ2n) is 9.72. The Bertz CT molecular complexity index is 864. The lowest BCUT2D eigenvalue weighted by molar-refractivity contribution is -0.119. The molecule has 2 aromatic carbocycles. The van der Waals surface area contributed by atoms with Gasteiger partial charge in [-0.05, 0) is 115 Å². The van der Waals surface area contributed by atoms with E-state index < -0.39 is 0 Å². The van der Waals surface area contributed by atoms with Gasteiger partial charge >= 0.3 is 0 Å². The highest BCUT2D eigenvalue weighted by Gasteiger charge is 2.13. The summed E-state index contributed by atoms with van der Waals surface area (Å²) in [6.45, 7) is 8.96. The molecule has 0 heterocycles. The first-order chi connectivity index (χ1) is 16.8. The van der Waals surface area contributed by atoms with Crippen molar-refractivity contribution in [1.82, 2.24) is 0 Å². The third-order valence-corrected chi connectivity index (χ3v) is 7.12. The van der Waals surface area contributed by atoms with Crippen LogP contribution in [0.15, 0.2) is 24.3 Å². The molecule has 0 unspecified atom stereocenters. The molecular formula is C31H46N2O2. The number of amides is 2. The SMILES string of the molecule is CCc1cc(Cc2cc(CC)c(CCCCC(N)=O)c(CC)c2)cc(CC)c1CCCCC(N)=O. The predicted octanol–water partition coefficient (Wildman–Crippen LogP) is 5.92. The van der Waals surface area contributed by atoms with E-state index in [1.807, 2.05) is 0 Å². The zero-order valence-electron chi connectivity index (χ0n) is 22.5. The molecule has 2 aromatic rings. The molecule has 0 aromatic heterocycles. The molecule has 2 amide bonds. The number of unbranched alkanes of at least 4 members (excludes halogenated alkanes) is 2. The Balaban J connectivity index is 2.25. The Morgan fingerprint density at radius 3 is 1.14 bits per heavy atom. The molecule has 0 aliphatic heterocycles. The summed E-state index contributed by atoms with van der Waals surface area (Å²) >= 11 is 0. The molecule has 0 fully saturated rings. The lowest BCUT2D eigenvalue weighted by Crippen LogP contribution is -2.10. The Morgan fingerprint density at radius 1 is 0.571 bits per heavy atom. The average molecular weight is 479 g/mol. The Hall–Kier alpha value is -2.62.